The van der Waals surface area contributed by atoms with E-state index in [0.29, 0.717) is 26.2 Å². The van der Waals surface area contributed by atoms with Crippen LogP contribution in [0.1, 0.15) is 16.1 Å². The number of ether oxygens (including phenoxy) is 2. The van der Waals surface area contributed by atoms with Crippen LogP contribution in [0.2, 0.25) is 0 Å². The van der Waals surface area contributed by atoms with E-state index >= 15 is 0 Å². The molecule has 1 aliphatic heterocycles. The number of likely N-dealkylation sites (N-methyl/N-ethyl adjacent to an activating group) is 1. The number of hydrogen-bond acceptors (Lipinski definition) is 7. The predicted octanol–water partition coefficient (Wildman–Crippen LogP) is -0.139. The molecule has 2 rings (SSSR count). The number of rotatable bonds is 7. The second-order valence-corrected chi connectivity index (χ2v) is 8.26. The van der Waals surface area contributed by atoms with E-state index in [2.05, 4.69) is 5.32 Å². The highest BCUT2D eigenvalue weighted by molar-refractivity contribution is 7.89. The summed E-state index contributed by atoms with van der Waals surface area (Å²) in [6.45, 7) is 2.22. The van der Waals surface area contributed by atoms with Crippen LogP contribution in [0.3, 0.4) is 0 Å². The molecule has 0 spiro atoms. The molecular formula is C14H23N3O5S2. The zero-order valence-electron chi connectivity index (χ0n) is 13.7. The molecular weight excluding hydrogens is 354 g/mol. The summed E-state index contributed by atoms with van der Waals surface area (Å²) in [5, 5.41) is 9.47. The Hall–Kier alpha value is -1.04. The van der Waals surface area contributed by atoms with Gasteiger partial charge in [-0.25, -0.2) is 13.6 Å². The lowest BCUT2D eigenvalue weighted by Gasteiger charge is -2.32. The molecule has 24 heavy (non-hydrogen) atoms. The van der Waals surface area contributed by atoms with Gasteiger partial charge in [0.1, 0.15) is 9.77 Å². The Morgan fingerprint density at radius 1 is 1.54 bits per heavy atom. The molecule has 0 bridgehead atoms. The van der Waals surface area contributed by atoms with Crippen molar-refractivity contribution in [1.82, 2.24) is 10.2 Å². The number of primary sulfonamides is 1. The van der Waals surface area contributed by atoms with Crippen molar-refractivity contribution in [1.29, 1.82) is 0 Å². The fourth-order valence-electron chi connectivity index (χ4n) is 2.36. The average Bonchev–Trinajstić information content (AvgIpc) is 2.98. The fourth-order valence-corrected chi connectivity index (χ4v) is 4.24. The van der Waals surface area contributed by atoms with Crippen LogP contribution in [0, 0.1) is 0 Å². The van der Waals surface area contributed by atoms with Crippen LogP contribution in [0.4, 0.5) is 0 Å². The Morgan fingerprint density at radius 2 is 2.29 bits per heavy atom. The fraction of sp³-hybridized carbons (Fsp3) is 0.643. The molecule has 1 saturated heterocycles. The van der Waals surface area contributed by atoms with Gasteiger partial charge in [-0.15, -0.1) is 11.3 Å². The Balaban J connectivity index is 2.02. The number of amides is 1. The van der Waals surface area contributed by atoms with Gasteiger partial charge in [0.2, 0.25) is 10.0 Å². The first-order chi connectivity index (χ1) is 11.3. The number of thiophene rings is 1. The second-order valence-electron chi connectivity index (χ2n) is 5.82. The number of carbonyl (C=O) groups excluding carboxylic acids is 1. The van der Waals surface area contributed by atoms with Crippen molar-refractivity contribution >= 4 is 27.3 Å². The number of carbonyl (C=O) groups is 1. The molecule has 1 fully saturated rings. The lowest BCUT2D eigenvalue weighted by molar-refractivity contribution is -0.0561. The smallest absolute Gasteiger partial charge is 0.263 e. The maximum absolute atomic E-state index is 12.4. The summed E-state index contributed by atoms with van der Waals surface area (Å²) in [7, 11) is -0.0186. The van der Waals surface area contributed by atoms with E-state index in [-0.39, 0.29) is 21.9 Å². The van der Waals surface area contributed by atoms with Gasteiger partial charge in [-0.05, 0) is 32.0 Å². The molecule has 1 aromatic heterocycles. The number of nitrogens with one attached hydrogen (secondary N) is 1. The summed E-state index contributed by atoms with van der Waals surface area (Å²) in [6, 6.07) is 1.00. The highest BCUT2D eigenvalue weighted by Gasteiger charge is 2.30. The Bertz CT molecular complexity index is 659. The van der Waals surface area contributed by atoms with Gasteiger partial charge in [-0.2, -0.15) is 0 Å². The van der Waals surface area contributed by atoms with Gasteiger partial charge in [0.15, 0.2) is 0 Å². The van der Waals surface area contributed by atoms with E-state index in [4.69, 9.17) is 14.6 Å². The zero-order chi connectivity index (χ0) is 17.7. The van der Waals surface area contributed by atoms with E-state index in [0.717, 1.165) is 17.9 Å². The first kappa shape index (κ1) is 19.3. The van der Waals surface area contributed by atoms with Gasteiger partial charge in [0, 0.05) is 13.2 Å². The predicted molar refractivity (Wildman–Crippen MR) is 90.7 cm³/mol. The van der Waals surface area contributed by atoms with E-state index in [1.54, 1.807) is 0 Å². The van der Waals surface area contributed by atoms with Crippen LogP contribution in [0.5, 0.6) is 0 Å². The summed E-state index contributed by atoms with van der Waals surface area (Å²) in [5.74, 6) is -0.481. The molecule has 1 aliphatic rings. The van der Waals surface area contributed by atoms with Gasteiger partial charge in [-0.3, -0.25) is 4.79 Å². The van der Waals surface area contributed by atoms with Gasteiger partial charge < -0.3 is 19.7 Å². The first-order valence-electron chi connectivity index (χ1n) is 7.54. The standard InChI is InChI=1S/C14H23N3O5S2/c1-17(2)5-7-22-11-3-6-21-9-10(11)16-14(18)13-12(4-8-23-13)24(15,19)20/h4,8,10-11H,3,5-7,9H2,1-2H3,(H,16,18)(H2,15,19,20)/t10-,11+/m0/s1. The van der Waals surface area contributed by atoms with Gasteiger partial charge >= 0.3 is 0 Å². The Morgan fingerprint density at radius 3 is 2.96 bits per heavy atom. The zero-order valence-corrected chi connectivity index (χ0v) is 15.4. The molecule has 136 valence electrons. The minimum Gasteiger partial charge on any atom is -0.379 e. The van der Waals surface area contributed by atoms with Crippen LogP contribution in [-0.4, -0.2) is 71.8 Å². The van der Waals surface area contributed by atoms with Crippen LogP contribution < -0.4 is 10.5 Å². The monoisotopic (exact) mass is 377 g/mol. The minimum atomic E-state index is -3.93. The molecule has 8 nitrogen and oxygen atoms in total. The minimum absolute atomic E-state index is 0.0788. The highest BCUT2D eigenvalue weighted by Crippen LogP contribution is 2.21. The van der Waals surface area contributed by atoms with E-state index < -0.39 is 15.9 Å². The summed E-state index contributed by atoms with van der Waals surface area (Å²) in [4.78, 5) is 14.4. The van der Waals surface area contributed by atoms with Crippen LogP contribution in [-0.2, 0) is 19.5 Å². The molecule has 10 heteroatoms. The normalized spacial score (nSPS) is 21.8. The number of nitrogens with zero attached hydrogens (tertiary/aromatic N) is 1. The molecule has 2 heterocycles. The molecule has 0 saturated carbocycles. The summed E-state index contributed by atoms with van der Waals surface area (Å²) < 4.78 is 34.3. The largest absolute Gasteiger partial charge is 0.379 e. The second kappa shape index (κ2) is 8.37. The maximum Gasteiger partial charge on any atom is 0.263 e. The Labute approximate surface area is 146 Å². The summed E-state index contributed by atoms with van der Waals surface area (Å²) >= 11 is 1.04. The molecule has 0 aliphatic carbocycles. The van der Waals surface area contributed by atoms with E-state index in [1.807, 2.05) is 19.0 Å². The lowest BCUT2D eigenvalue weighted by atomic mass is 10.1. The number of nitrogens with two attached hydrogens (primary N) is 1. The SMILES string of the molecule is CN(C)CCO[C@@H]1CCOC[C@@H]1NC(=O)c1sccc1S(N)(=O)=O. The topological polar surface area (TPSA) is 111 Å². The average molecular weight is 377 g/mol. The number of hydrogen-bond donors (Lipinski definition) is 2. The van der Waals surface area contributed by atoms with Crippen molar-refractivity contribution in [3.05, 3.63) is 16.3 Å². The first-order valence-corrected chi connectivity index (χ1v) is 9.97. The van der Waals surface area contributed by atoms with Crippen LogP contribution >= 0.6 is 11.3 Å². The van der Waals surface area contributed by atoms with Crippen LogP contribution in [0.25, 0.3) is 0 Å². The Kier molecular flexibility index (Phi) is 6.72. The molecule has 0 aromatic carbocycles. The van der Waals surface area contributed by atoms with Gasteiger partial charge in [0.25, 0.3) is 5.91 Å². The lowest BCUT2D eigenvalue weighted by Crippen LogP contribution is -2.51. The molecule has 1 amide bonds. The quantitative estimate of drug-likeness (QED) is 0.684. The van der Waals surface area contributed by atoms with Crippen molar-refractivity contribution in [2.75, 3.05) is 40.5 Å². The van der Waals surface area contributed by atoms with Gasteiger partial charge in [0.05, 0.1) is 25.4 Å². The molecule has 0 unspecified atom stereocenters. The molecule has 1 aromatic rings. The maximum atomic E-state index is 12.4. The van der Waals surface area contributed by atoms with E-state index in [9.17, 15) is 13.2 Å². The van der Waals surface area contributed by atoms with Crippen molar-refractivity contribution in [3.8, 4) is 0 Å². The van der Waals surface area contributed by atoms with Gasteiger partial charge in [-0.1, -0.05) is 0 Å². The number of sulfonamides is 1. The summed E-state index contributed by atoms with van der Waals surface area (Å²) in [6.07, 6.45) is 0.505. The third kappa shape index (κ3) is 5.23. The van der Waals surface area contributed by atoms with Crippen molar-refractivity contribution in [3.63, 3.8) is 0 Å². The van der Waals surface area contributed by atoms with Crippen molar-refractivity contribution < 1.29 is 22.7 Å². The van der Waals surface area contributed by atoms with Crippen LogP contribution in [0.15, 0.2) is 16.3 Å². The molecule has 3 N–H and O–H groups in total. The van der Waals surface area contributed by atoms with E-state index in [1.165, 1.54) is 11.4 Å². The third-order valence-electron chi connectivity index (χ3n) is 3.62. The molecule has 0 radical (unpaired) electrons. The molecule has 2 atom stereocenters. The highest BCUT2D eigenvalue weighted by atomic mass is 32.2. The third-order valence-corrected chi connectivity index (χ3v) is 5.62. The summed E-state index contributed by atoms with van der Waals surface area (Å²) in [5.41, 5.74) is 0. The van der Waals surface area contributed by atoms with Crippen molar-refractivity contribution in [2.24, 2.45) is 5.14 Å². The van der Waals surface area contributed by atoms with Crippen molar-refractivity contribution in [2.45, 2.75) is 23.5 Å².